The number of nitrogens with zero attached hydrogens (tertiary/aromatic N) is 1. The lowest BCUT2D eigenvalue weighted by molar-refractivity contribution is -0.0355. The summed E-state index contributed by atoms with van der Waals surface area (Å²) in [6.07, 6.45) is 13.5. The lowest BCUT2D eigenvalue weighted by Crippen LogP contribution is -2.63. The van der Waals surface area contributed by atoms with Gasteiger partial charge in [0.1, 0.15) is 0 Å². The summed E-state index contributed by atoms with van der Waals surface area (Å²) >= 11 is 0. The average molecular weight is 297 g/mol. The van der Waals surface area contributed by atoms with Crippen molar-refractivity contribution in [2.45, 2.75) is 116 Å². The molecule has 0 atom stereocenters. The van der Waals surface area contributed by atoms with Crippen molar-refractivity contribution in [1.29, 1.82) is 0 Å². The van der Waals surface area contributed by atoms with Crippen LogP contribution in [0.1, 0.15) is 98.8 Å². The Morgan fingerprint density at radius 3 is 1.71 bits per heavy atom. The van der Waals surface area contributed by atoms with Crippen molar-refractivity contribution in [2.75, 3.05) is 6.54 Å². The quantitative estimate of drug-likeness (QED) is 0.599. The standard InChI is InChI=1S/C19H40N2/c1-6-7-8-9-10-11-12-13-14-21-18(2,3)15-17(20)16-19(21,4)5/h17H,6-16,20H2,1-5H3. The molecule has 0 aromatic carbocycles. The number of nitrogens with two attached hydrogens (primary N) is 1. The Labute approximate surface area is 133 Å². The zero-order valence-electron chi connectivity index (χ0n) is 15.4. The molecule has 1 fully saturated rings. The van der Waals surface area contributed by atoms with E-state index in [4.69, 9.17) is 5.73 Å². The Morgan fingerprint density at radius 1 is 0.810 bits per heavy atom. The summed E-state index contributed by atoms with van der Waals surface area (Å²) in [7, 11) is 0. The molecule has 0 unspecified atom stereocenters. The highest BCUT2D eigenvalue weighted by Gasteiger charge is 2.43. The van der Waals surface area contributed by atoms with E-state index < -0.39 is 0 Å². The first-order valence-corrected chi connectivity index (χ1v) is 9.33. The summed E-state index contributed by atoms with van der Waals surface area (Å²) < 4.78 is 0. The molecule has 1 heterocycles. The van der Waals surface area contributed by atoms with Gasteiger partial charge in [-0.25, -0.2) is 0 Å². The van der Waals surface area contributed by atoms with Crippen LogP contribution in [0.2, 0.25) is 0 Å². The van der Waals surface area contributed by atoms with E-state index >= 15 is 0 Å². The van der Waals surface area contributed by atoms with Gasteiger partial charge < -0.3 is 5.73 Å². The maximum absolute atomic E-state index is 6.26. The van der Waals surface area contributed by atoms with Crippen LogP contribution in [0, 0.1) is 0 Å². The van der Waals surface area contributed by atoms with Gasteiger partial charge in [0.05, 0.1) is 0 Å². The van der Waals surface area contributed by atoms with Gasteiger partial charge in [-0.2, -0.15) is 0 Å². The SMILES string of the molecule is CCCCCCCCCCN1C(C)(C)CC(N)CC1(C)C. The smallest absolute Gasteiger partial charge is 0.0173 e. The van der Waals surface area contributed by atoms with Crippen LogP contribution in [0.4, 0.5) is 0 Å². The Balaban J connectivity index is 2.26. The Hall–Kier alpha value is -0.0800. The van der Waals surface area contributed by atoms with Gasteiger partial charge in [-0.15, -0.1) is 0 Å². The van der Waals surface area contributed by atoms with E-state index in [1.165, 1.54) is 57.9 Å². The highest BCUT2D eigenvalue weighted by Crippen LogP contribution is 2.37. The molecule has 21 heavy (non-hydrogen) atoms. The lowest BCUT2D eigenvalue weighted by Gasteiger charge is -2.55. The summed E-state index contributed by atoms with van der Waals surface area (Å²) in [4.78, 5) is 2.72. The number of rotatable bonds is 9. The minimum atomic E-state index is 0.252. The fraction of sp³-hybridized carbons (Fsp3) is 1.00. The van der Waals surface area contributed by atoms with Gasteiger partial charge in [-0.3, -0.25) is 4.90 Å². The molecule has 0 amide bonds. The Bertz CT molecular complexity index is 265. The van der Waals surface area contributed by atoms with Crippen molar-refractivity contribution < 1.29 is 0 Å². The van der Waals surface area contributed by atoms with Crippen LogP contribution in [-0.4, -0.2) is 28.6 Å². The van der Waals surface area contributed by atoms with Gasteiger partial charge in [0.2, 0.25) is 0 Å². The summed E-state index contributed by atoms with van der Waals surface area (Å²) in [6, 6.07) is 0.366. The molecule has 2 heteroatoms. The first-order chi connectivity index (χ1) is 9.79. The van der Waals surface area contributed by atoms with Crippen molar-refractivity contribution in [1.82, 2.24) is 4.90 Å². The molecule has 1 rings (SSSR count). The second-order valence-electron chi connectivity index (χ2n) is 8.42. The monoisotopic (exact) mass is 296 g/mol. The molecule has 126 valence electrons. The predicted molar refractivity (Wildman–Crippen MR) is 94.7 cm³/mol. The molecule has 0 spiro atoms. The van der Waals surface area contributed by atoms with E-state index in [0.29, 0.717) is 6.04 Å². The molecule has 0 radical (unpaired) electrons. The van der Waals surface area contributed by atoms with Crippen molar-refractivity contribution in [3.63, 3.8) is 0 Å². The van der Waals surface area contributed by atoms with Crippen LogP contribution in [0.25, 0.3) is 0 Å². The van der Waals surface area contributed by atoms with Crippen LogP contribution in [0.15, 0.2) is 0 Å². The van der Waals surface area contributed by atoms with Crippen LogP contribution < -0.4 is 5.73 Å². The van der Waals surface area contributed by atoms with E-state index in [1.54, 1.807) is 0 Å². The third-order valence-corrected chi connectivity index (χ3v) is 5.22. The van der Waals surface area contributed by atoms with Crippen LogP contribution in [0.5, 0.6) is 0 Å². The number of piperidine rings is 1. The van der Waals surface area contributed by atoms with E-state index in [9.17, 15) is 0 Å². The molecule has 2 N–H and O–H groups in total. The van der Waals surface area contributed by atoms with Gasteiger partial charge in [-0.1, -0.05) is 51.9 Å². The fourth-order valence-electron chi connectivity index (χ4n) is 4.40. The van der Waals surface area contributed by atoms with Crippen LogP contribution >= 0.6 is 0 Å². The van der Waals surface area contributed by atoms with E-state index in [2.05, 4.69) is 39.5 Å². The molecule has 0 bridgehead atoms. The highest BCUT2D eigenvalue weighted by molar-refractivity contribution is 5.01. The summed E-state index contributed by atoms with van der Waals surface area (Å²) in [5, 5.41) is 0. The summed E-state index contributed by atoms with van der Waals surface area (Å²) in [5.41, 5.74) is 6.76. The summed E-state index contributed by atoms with van der Waals surface area (Å²) in [5.74, 6) is 0. The molecule has 2 nitrogen and oxygen atoms in total. The maximum atomic E-state index is 6.26. The fourth-order valence-corrected chi connectivity index (χ4v) is 4.40. The van der Waals surface area contributed by atoms with Gasteiger partial charge in [0.25, 0.3) is 0 Å². The van der Waals surface area contributed by atoms with E-state index in [0.717, 1.165) is 12.8 Å². The largest absolute Gasteiger partial charge is 0.328 e. The molecule has 0 aromatic heterocycles. The Kier molecular flexibility index (Phi) is 7.70. The van der Waals surface area contributed by atoms with Gasteiger partial charge >= 0.3 is 0 Å². The maximum Gasteiger partial charge on any atom is 0.0173 e. The van der Waals surface area contributed by atoms with Gasteiger partial charge in [-0.05, 0) is 53.5 Å². The topological polar surface area (TPSA) is 29.3 Å². The molecule has 1 aliphatic rings. The number of likely N-dealkylation sites (tertiary alicyclic amines) is 1. The minimum Gasteiger partial charge on any atom is -0.328 e. The minimum absolute atomic E-state index is 0.252. The normalized spacial score (nSPS) is 22.6. The first-order valence-electron chi connectivity index (χ1n) is 9.33. The average Bonchev–Trinajstić information content (AvgIpc) is 2.33. The third-order valence-electron chi connectivity index (χ3n) is 5.22. The summed E-state index contributed by atoms with van der Waals surface area (Å²) in [6.45, 7) is 13.0. The number of hydrogen-bond donors (Lipinski definition) is 1. The molecular weight excluding hydrogens is 256 g/mol. The zero-order chi connectivity index (χ0) is 15.9. The van der Waals surface area contributed by atoms with Crippen LogP contribution in [0.3, 0.4) is 0 Å². The second kappa shape index (κ2) is 8.53. The molecule has 0 aliphatic carbocycles. The predicted octanol–water partition coefficient (Wildman–Crippen LogP) is 5.11. The van der Waals surface area contributed by atoms with Crippen molar-refractivity contribution in [3.8, 4) is 0 Å². The zero-order valence-corrected chi connectivity index (χ0v) is 15.4. The van der Waals surface area contributed by atoms with Crippen LogP contribution in [-0.2, 0) is 0 Å². The molecular formula is C19H40N2. The molecule has 0 aromatic rings. The van der Waals surface area contributed by atoms with Crippen molar-refractivity contribution >= 4 is 0 Å². The van der Waals surface area contributed by atoms with Gasteiger partial charge in [0, 0.05) is 17.1 Å². The lowest BCUT2D eigenvalue weighted by atomic mass is 9.77. The van der Waals surface area contributed by atoms with E-state index in [1.807, 2.05) is 0 Å². The molecule has 1 saturated heterocycles. The number of unbranched alkanes of at least 4 members (excludes halogenated alkanes) is 7. The second-order valence-corrected chi connectivity index (χ2v) is 8.42. The van der Waals surface area contributed by atoms with Gasteiger partial charge in [0.15, 0.2) is 0 Å². The number of hydrogen-bond acceptors (Lipinski definition) is 2. The van der Waals surface area contributed by atoms with Crippen molar-refractivity contribution in [2.24, 2.45) is 5.73 Å². The Morgan fingerprint density at radius 2 is 1.24 bits per heavy atom. The van der Waals surface area contributed by atoms with E-state index in [-0.39, 0.29) is 11.1 Å². The van der Waals surface area contributed by atoms with Crippen molar-refractivity contribution in [3.05, 3.63) is 0 Å². The molecule has 0 saturated carbocycles. The first kappa shape index (κ1) is 19.0. The highest BCUT2D eigenvalue weighted by atomic mass is 15.3. The third kappa shape index (κ3) is 6.28. The molecule has 1 aliphatic heterocycles.